The number of carbonyl (C=O) groups is 4. The summed E-state index contributed by atoms with van der Waals surface area (Å²) < 4.78 is 5.23. The number of hydrazone groups is 2. The van der Waals surface area contributed by atoms with Gasteiger partial charge in [-0.05, 0) is 52.0 Å². The number of para-hydroxylation sites is 2. The predicted molar refractivity (Wildman–Crippen MR) is 131 cm³/mol. The van der Waals surface area contributed by atoms with E-state index >= 15 is 0 Å². The molecule has 0 fully saturated rings. The normalized spacial score (nSPS) is 22.7. The van der Waals surface area contributed by atoms with Crippen LogP contribution in [0.25, 0.3) is 0 Å². The molecule has 2 aromatic carbocycles. The summed E-state index contributed by atoms with van der Waals surface area (Å²) in [6, 6.07) is 17.4. The lowest BCUT2D eigenvalue weighted by Crippen LogP contribution is -2.59. The van der Waals surface area contributed by atoms with Crippen LogP contribution in [0.5, 0.6) is 0 Å². The van der Waals surface area contributed by atoms with E-state index in [4.69, 9.17) is 4.74 Å². The summed E-state index contributed by atoms with van der Waals surface area (Å²) in [4.78, 5) is 54.3. The van der Waals surface area contributed by atoms with Crippen LogP contribution in [0.15, 0.2) is 70.9 Å². The second-order valence-corrected chi connectivity index (χ2v) is 8.46. The van der Waals surface area contributed by atoms with Crippen LogP contribution < -0.4 is 10.0 Å². The van der Waals surface area contributed by atoms with Gasteiger partial charge in [-0.25, -0.2) is 5.01 Å². The standard InChI is InChI=1S/C26H26N4O5/c1-5-35-24(33)22(17(3)31)26(18(4)28-30(25(26)34)20-14-10-7-11-15-20)21-16(2)27-29(23(21)32)19-12-8-6-9-13-19/h6-15,21-22H,5H2,1-4H3/t21-,22-,26+/m1/s1. The average molecular weight is 475 g/mol. The summed E-state index contributed by atoms with van der Waals surface area (Å²) in [5, 5.41) is 11.3. The van der Waals surface area contributed by atoms with Crippen molar-refractivity contribution in [2.75, 3.05) is 16.6 Å². The highest BCUT2D eigenvalue weighted by Gasteiger charge is 2.68. The van der Waals surface area contributed by atoms with Gasteiger partial charge in [0.2, 0.25) is 0 Å². The first-order valence-electron chi connectivity index (χ1n) is 11.3. The third-order valence-electron chi connectivity index (χ3n) is 6.37. The zero-order valence-electron chi connectivity index (χ0n) is 20.0. The van der Waals surface area contributed by atoms with Crippen molar-refractivity contribution < 1.29 is 23.9 Å². The molecule has 2 aliphatic rings. The third kappa shape index (κ3) is 3.73. The maximum atomic E-state index is 14.2. The van der Waals surface area contributed by atoms with E-state index in [1.807, 2.05) is 0 Å². The number of rotatable bonds is 7. The van der Waals surface area contributed by atoms with Crippen molar-refractivity contribution in [2.45, 2.75) is 27.7 Å². The fraction of sp³-hybridized carbons (Fsp3) is 0.308. The Labute approximate surface area is 203 Å². The van der Waals surface area contributed by atoms with Crippen molar-refractivity contribution in [1.82, 2.24) is 0 Å². The Morgan fingerprint density at radius 2 is 1.49 bits per heavy atom. The third-order valence-corrected chi connectivity index (χ3v) is 6.37. The van der Waals surface area contributed by atoms with Gasteiger partial charge in [0.1, 0.15) is 23.0 Å². The van der Waals surface area contributed by atoms with E-state index in [1.165, 1.54) is 11.9 Å². The molecule has 0 saturated carbocycles. The number of nitrogens with zero attached hydrogens (tertiary/aromatic N) is 4. The van der Waals surface area contributed by atoms with E-state index in [0.29, 0.717) is 17.1 Å². The van der Waals surface area contributed by atoms with Crippen molar-refractivity contribution in [3.8, 4) is 0 Å². The lowest BCUT2D eigenvalue weighted by atomic mass is 9.60. The monoisotopic (exact) mass is 474 g/mol. The topological polar surface area (TPSA) is 109 Å². The summed E-state index contributed by atoms with van der Waals surface area (Å²) in [7, 11) is 0. The van der Waals surface area contributed by atoms with Gasteiger partial charge in [-0.15, -0.1) is 0 Å². The molecule has 3 atom stereocenters. The number of ether oxygens (including phenoxy) is 1. The zero-order chi connectivity index (χ0) is 25.3. The van der Waals surface area contributed by atoms with E-state index in [1.54, 1.807) is 81.4 Å². The van der Waals surface area contributed by atoms with Gasteiger partial charge in [-0.2, -0.15) is 15.2 Å². The van der Waals surface area contributed by atoms with E-state index in [-0.39, 0.29) is 12.3 Å². The Balaban J connectivity index is 1.92. The molecule has 2 amide bonds. The highest BCUT2D eigenvalue weighted by atomic mass is 16.5. The van der Waals surface area contributed by atoms with Crippen molar-refractivity contribution in [3.63, 3.8) is 0 Å². The molecule has 9 heteroatoms. The molecule has 0 N–H and O–H groups in total. The lowest BCUT2D eigenvalue weighted by molar-refractivity contribution is -0.159. The fourth-order valence-corrected chi connectivity index (χ4v) is 4.93. The van der Waals surface area contributed by atoms with Gasteiger partial charge in [-0.1, -0.05) is 36.4 Å². The largest absolute Gasteiger partial charge is 0.465 e. The van der Waals surface area contributed by atoms with Crippen molar-refractivity contribution >= 4 is 46.4 Å². The van der Waals surface area contributed by atoms with Crippen LogP contribution in [0.2, 0.25) is 0 Å². The first-order valence-corrected chi connectivity index (χ1v) is 11.3. The van der Waals surface area contributed by atoms with E-state index in [9.17, 15) is 19.2 Å². The molecule has 0 unspecified atom stereocenters. The fourth-order valence-electron chi connectivity index (χ4n) is 4.93. The summed E-state index contributed by atoms with van der Waals surface area (Å²) in [5.74, 6) is -5.47. The molecular formula is C26H26N4O5. The highest BCUT2D eigenvalue weighted by molar-refractivity contribution is 6.31. The zero-order valence-corrected chi connectivity index (χ0v) is 20.0. The molecule has 0 spiro atoms. The molecule has 2 heterocycles. The van der Waals surface area contributed by atoms with Gasteiger partial charge in [0.05, 0.1) is 23.7 Å². The second-order valence-electron chi connectivity index (χ2n) is 8.46. The Morgan fingerprint density at radius 1 is 0.943 bits per heavy atom. The number of hydrogen-bond acceptors (Lipinski definition) is 7. The number of carbonyl (C=O) groups excluding carboxylic acids is 4. The quantitative estimate of drug-likeness (QED) is 0.452. The molecule has 0 saturated heterocycles. The molecule has 180 valence electrons. The maximum absolute atomic E-state index is 14.2. The van der Waals surface area contributed by atoms with Gasteiger partial charge >= 0.3 is 5.97 Å². The molecule has 2 aromatic rings. The summed E-state index contributed by atoms with van der Waals surface area (Å²) >= 11 is 0. The number of esters is 1. The van der Waals surface area contributed by atoms with Crippen LogP contribution in [0.4, 0.5) is 11.4 Å². The first-order chi connectivity index (χ1) is 16.7. The minimum Gasteiger partial charge on any atom is -0.465 e. The first kappa shape index (κ1) is 24.0. The Hall–Kier alpha value is -4.14. The molecule has 9 nitrogen and oxygen atoms in total. The van der Waals surface area contributed by atoms with Crippen LogP contribution >= 0.6 is 0 Å². The van der Waals surface area contributed by atoms with Crippen LogP contribution in [-0.2, 0) is 23.9 Å². The van der Waals surface area contributed by atoms with Gasteiger partial charge in [0.15, 0.2) is 0 Å². The minimum absolute atomic E-state index is 0.00724. The molecule has 0 aromatic heterocycles. The van der Waals surface area contributed by atoms with Gasteiger partial charge in [0, 0.05) is 5.71 Å². The van der Waals surface area contributed by atoms with E-state index < -0.39 is 40.8 Å². The summed E-state index contributed by atoms with van der Waals surface area (Å²) in [6.07, 6.45) is 0. The van der Waals surface area contributed by atoms with Gasteiger partial charge in [-0.3, -0.25) is 19.2 Å². The van der Waals surface area contributed by atoms with Crippen molar-refractivity contribution in [2.24, 2.45) is 27.5 Å². The molecule has 2 aliphatic heterocycles. The Kier molecular flexibility index (Phi) is 6.34. The number of Topliss-reactive ketones (excluding diaryl/α,β-unsaturated/α-hetero) is 1. The highest BCUT2D eigenvalue weighted by Crippen LogP contribution is 2.49. The van der Waals surface area contributed by atoms with Crippen LogP contribution in [-0.4, -0.2) is 41.6 Å². The average Bonchev–Trinajstić information content (AvgIpc) is 3.28. The summed E-state index contributed by atoms with van der Waals surface area (Å²) in [5.41, 5.74) is -0.508. The van der Waals surface area contributed by atoms with Crippen molar-refractivity contribution in [3.05, 3.63) is 60.7 Å². The van der Waals surface area contributed by atoms with Crippen LogP contribution in [0.3, 0.4) is 0 Å². The lowest BCUT2D eigenvalue weighted by Gasteiger charge is -2.37. The van der Waals surface area contributed by atoms with Crippen LogP contribution in [0.1, 0.15) is 27.7 Å². The number of anilines is 2. The minimum atomic E-state index is -1.93. The smallest absolute Gasteiger partial charge is 0.318 e. The number of amides is 2. The number of hydrogen-bond donors (Lipinski definition) is 0. The second kappa shape index (κ2) is 9.25. The summed E-state index contributed by atoms with van der Waals surface area (Å²) in [6.45, 7) is 6.01. The van der Waals surface area contributed by atoms with E-state index in [0.717, 1.165) is 5.01 Å². The van der Waals surface area contributed by atoms with Gasteiger partial charge in [0.25, 0.3) is 11.8 Å². The molecule has 35 heavy (non-hydrogen) atoms. The number of ketones is 1. The van der Waals surface area contributed by atoms with Crippen LogP contribution in [0, 0.1) is 17.3 Å². The number of benzene rings is 2. The Morgan fingerprint density at radius 3 is 2.00 bits per heavy atom. The Bertz CT molecular complexity index is 1240. The van der Waals surface area contributed by atoms with Crippen molar-refractivity contribution in [1.29, 1.82) is 0 Å². The molecular weight excluding hydrogens is 448 g/mol. The van der Waals surface area contributed by atoms with Gasteiger partial charge < -0.3 is 4.74 Å². The molecule has 0 bridgehead atoms. The molecule has 4 rings (SSSR count). The molecule has 0 aliphatic carbocycles. The SMILES string of the molecule is CCOC(=O)[C@@H](C(C)=O)[C@]1([C@H]2C(=O)N(c3ccccc3)N=C2C)C(=O)N(c2ccccc2)N=C1C. The predicted octanol–water partition coefficient (Wildman–Crippen LogP) is 3.20. The van der Waals surface area contributed by atoms with E-state index in [2.05, 4.69) is 10.2 Å². The maximum Gasteiger partial charge on any atom is 0.318 e. The molecule has 0 radical (unpaired) electrons.